The van der Waals surface area contributed by atoms with E-state index in [0.29, 0.717) is 32.7 Å². The molecule has 0 unspecified atom stereocenters. The highest BCUT2D eigenvalue weighted by Gasteiger charge is 2.11. The predicted molar refractivity (Wildman–Crippen MR) is 117 cm³/mol. The van der Waals surface area contributed by atoms with E-state index >= 15 is 0 Å². The number of aromatic hydroxyl groups is 2. The molecule has 0 saturated heterocycles. The molecule has 0 saturated carbocycles. The van der Waals surface area contributed by atoms with E-state index in [2.05, 4.69) is 41.8 Å². The van der Waals surface area contributed by atoms with Gasteiger partial charge in [0.05, 0.1) is 15.2 Å². The summed E-state index contributed by atoms with van der Waals surface area (Å²) in [4.78, 5) is 8.88. The third kappa shape index (κ3) is 3.78. The summed E-state index contributed by atoms with van der Waals surface area (Å²) in [5, 5.41) is 19.9. The Morgan fingerprint density at radius 1 is 1.04 bits per heavy atom. The van der Waals surface area contributed by atoms with Crippen LogP contribution in [0.3, 0.4) is 0 Å². The van der Waals surface area contributed by atoms with Crippen molar-refractivity contribution in [2.24, 2.45) is 4.99 Å². The fourth-order valence-electron chi connectivity index (χ4n) is 2.59. The Bertz CT molecular complexity index is 1240. The van der Waals surface area contributed by atoms with Gasteiger partial charge in [-0.25, -0.2) is 4.98 Å². The first-order chi connectivity index (χ1) is 13.4. The number of benzene rings is 3. The summed E-state index contributed by atoms with van der Waals surface area (Å²) in [5.41, 5.74) is 3.14. The van der Waals surface area contributed by atoms with E-state index in [4.69, 9.17) is 16.0 Å². The van der Waals surface area contributed by atoms with Crippen LogP contribution < -0.4 is 0 Å². The number of rotatable bonds is 3. The van der Waals surface area contributed by atoms with Gasteiger partial charge in [0.15, 0.2) is 5.58 Å². The van der Waals surface area contributed by atoms with Gasteiger partial charge in [-0.05, 0) is 64.5 Å². The first-order valence-corrected chi connectivity index (χ1v) is 9.98. The van der Waals surface area contributed by atoms with Crippen LogP contribution in [0, 0.1) is 0 Å². The van der Waals surface area contributed by atoms with E-state index in [-0.39, 0.29) is 16.5 Å². The number of halogens is 3. The number of fused-ring (bicyclic) bond motifs is 1. The average Bonchev–Trinajstić information content (AvgIpc) is 3.09. The number of oxazole rings is 1. The molecule has 4 rings (SSSR count). The van der Waals surface area contributed by atoms with Crippen molar-refractivity contribution < 1.29 is 14.6 Å². The van der Waals surface area contributed by atoms with Crippen LogP contribution in [0.4, 0.5) is 5.69 Å². The Labute approximate surface area is 181 Å². The number of nitrogens with zero attached hydrogens (tertiary/aromatic N) is 2. The number of hydrogen-bond acceptors (Lipinski definition) is 5. The van der Waals surface area contributed by atoms with Crippen molar-refractivity contribution in [3.8, 4) is 23.0 Å². The zero-order chi connectivity index (χ0) is 19.8. The summed E-state index contributed by atoms with van der Waals surface area (Å²) in [6.07, 6.45) is 1.53. The monoisotopic (exact) mass is 520 g/mol. The maximum Gasteiger partial charge on any atom is 0.227 e. The lowest BCUT2D eigenvalue weighted by Crippen LogP contribution is -1.84. The molecule has 1 aromatic heterocycles. The second-order valence-corrected chi connectivity index (χ2v) is 8.10. The number of phenolic OH excluding ortho intramolecular Hbond substituents is 2. The topological polar surface area (TPSA) is 78.9 Å². The summed E-state index contributed by atoms with van der Waals surface area (Å²) >= 11 is 12.6. The lowest BCUT2D eigenvalue weighted by Gasteiger charge is -2.02. The van der Waals surface area contributed by atoms with Gasteiger partial charge in [0.1, 0.15) is 17.0 Å². The van der Waals surface area contributed by atoms with Crippen LogP contribution in [0.5, 0.6) is 11.5 Å². The predicted octanol–water partition coefficient (Wildman–Crippen LogP) is 6.84. The number of hydrogen-bond donors (Lipinski definition) is 2. The largest absolute Gasteiger partial charge is 0.507 e. The molecule has 0 spiro atoms. The second-order valence-electron chi connectivity index (χ2n) is 5.92. The zero-order valence-electron chi connectivity index (χ0n) is 14.0. The Kier molecular flexibility index (Phi) is 5.14. The van der Waals surface area contributed by atoms with E-state index in [9.17, 15) is 10.2 Å². The van der Waals surface area contributed by atoms with Crippen molar-refractivity contribution >= 4 is 66.5 Å². The van der Waals surface area contributed by atoms with E-state index in [1.165, 1.54) is 6.21 Å². The number of aromatic nitrogens is 1. The molecule has 0 radical (unpaired) electrons. The van der Waals surface area contributed by atoms with Gasteiger partial charge in [-0.15, -0.1) is 0 Å². The molecule has 3 aromatic carbocycles. The molecule has 0 amide bonds. The summed E-state index contributed by atoms with van der Waals surface area (Å²) < 4.78 is 7.09. The van der Waals surface area contributed by atoms with E-state index < -0.39 is 0 Å². The number of phenols is 2. The molecular formula is C20H11Br2ClN2O3. The third-order valence-electron chi connectivity index (χ3n) is 3.98. The van der Waals surface area contributed by atoms with Crippen molar-refractivity contribution in [3.63, 3.8) is 0 Å². The maximum absolute atomic E-state index is 10.1. The second kappa shape index (κ2) is 7.58. The molecule has 0 bridgehead atoms. The zero-order valence-corrected chi connectivity index (χ0v) is 18.0. The minimum atomic E-state index is -0.0312. The molecule has 0 aliphatic heterocycles. The summed E-state index contributed by atoms with van der Waals surface area (Å²) in [6, 6.07) is 13.7. The normalized spacial score (nSPS) is 11.5. The molecule has 4 aromatic rings. The van der Waals surface area contributed by atoms with Crippen LogP contribution in [0.1, 0.15) is 5.56 Å². The van der Waals surface area contributed by atoms with Crippen molar-refractivity contribution in [2.45, 2.75) is 0 Å². The highest BCUT2D eigenvalue weighted by Crippen LogP contribution is 2.33. The van der Waals surface area contributed by atoms with E-state index in [1.54, 1.807) is 48.5 Å². The lowest BCUT2D eigenvalue weighted by atomic mass is 10.2. The van der Waals surface area contributed by atoms with E-state index in [0.717, 1.165) is 10.0 Å². The Balaban J connectivity index is 1.68. The summed E-state index contributed by atoms with van der Waals surface area (Å²) in [5.74, 6) is 0.553. The lowest BCUT2D eigenvalue weighted by molar-refractivity contribution is 0.472. The molecule has 1 heterocycles. The van der Waals surface area contributed by atoms with Gasteiger partial charge in [0.25, 0.3) is 0 Å². The van der Waals surface area contributed by atoms with Gasteiger partial charge < -0.3 is 14.6 Å². The molecule has 8 heteroatoms. The summed E-state index contributed by atoms with van der Waals surface area (Å²) in [6.45, 7) is 0. The highest BCUT2D eigenvalue weighted by atomic mass is 79.9. The van der Waals surface area contributed by atoms with E-state index in [1.807, 2.05) is 0 Å². The molecule has 28 heavy (non-hydrogen) atoms. The van der Waals surface area contributed by atoms with Crippen LogP contribution in [-0.2, 0) is 0 Å². The molecular weight excluding hydrogens is 511 g/mol. The molecule has 2 N–H and O–H groups in total. The van der Waals surface area contributed by atoms with Gasteiger partial charge in [0, 0.05) is 21.8 Å². The maximum atomic E-state index is 10.1. The number of aliphatic imine (C=N–C) groups is 1. The first-order valence-electron chi connectivity index (χ1n) is 8.02. The van der Waals surface area contributed by atoms with Crippen molar-refractivity contribution in [3.05, 3.63) is 68.1 Å². The molecule has 0 aliphatic carbocycles. The van der Waals surface area contributed by atoms with Crippen molar-refractivity contribution in [1.29, 1.82) is 0 Å². The molecule has 140 valence electrons. The molecule has 0 fully saturated rings. The van der Waals surface area contributed by atoms with Crippen LogP contribution in [0.25, 0.3) is 22.6 Å². The van der Waals surface area contributed by atoms with Crippen LogP contribution >= 0.6 is 43.5 Å². The van der Waals surface area contributed by atoms with Crippen molar-refractivity contribution in [2.75, 3.05) is 0 Å². The minimum absolute atomic E-state index is 0.0312. The standard InChI is InChI=1S/C20H11Br2ClN2O3/c21-12-5-11(19(27)15(23)7-12)9-24-13-2-4-18-16(8-13)25-20(28-18)10-1-3-17(26)14(22)6-10/h1-9,26-27H. The van der Waals surface area contributed by atoms with Gasteiger partial charge in [-0.3, -0.25) is 4.99 Å². The third-order valence-corrected chi connectivity index (χ3v) is 5.36. The Morgan fingerprint density at radius 3 is 2.64 bits per heavy atom. The Morgan fingerprint density at radius 2 is 1.86 bits per heavy atom. The summed E-state index contributed by atoms with van der Waals surface area (Å²) in [7, 11) is 0. The van der Waals surface area contributed by atoms with Crippen LogP contribution in [-0.4, -0.2) is 21.4 Å². The molecule has 0 aliphatic rings. The minimum Gasteiger partial charge on any atom is -0.507 e. The van der Waals surface area contributed by atoms with Gasteiger partial charge in [0.2, 0.25) is 5.89 Å². The smallest absolute Gasteiger partial charge is 0.227 e. The van der Waals surface area contributed by atoms with Crippen molar-refractivity contribution in [1.82, 2.24) is 4.98 Å². The molecule has 5 nitrogen and oxygen atoms in total. The SMILES string of the molecule is Oc1ccc(-c2nc3cc(N=Cc4cc(Br)cc(Cl)c4O)ccc3o2)cc1Br. The van der Waals surface area contributed by atoms with Crippen LogP contribution in [0.2, 0.25) is 5.02 Å². The quantitative estimate of drug-likeness (QED) is 0.289. The van der Waals surface area contributed by atoms with Crippen LogP contribution in [0.15, 0.2) is 66.9 Å². The molecule has 0 atom stereocenters. The fourth-order valence-corrected chi connectivity index (χ4v) is 3.80. The van der Waals surface area contributed by atoms with Gasteiger partial charge in [-0.2, -0.15) is 0 Å². The first kappa shape index (κ1) is 19.0. The van der Waals surface area contributed by atoms with Gasteiger partial charge >= 0.3 is 0 Å². The Hall–Kier alpha value is -2.35. The fraction of sp³-hybridized carbons (Fsp3) is 0. The highest BCUT2D eigenvalue weighted by molar-refractivity contribution is 9.10. The average molecular weight is 523 g/mol. The van der Waals surface area contributed by atoms with Gasteiger partial charge in [-0.1, -0.05) is 27.5 Å².